The summed E-state index contributed by atoms with van der Waals surface area (Å²) in [5.41, 5.74) is 0. The first-order valence-corrected chi connectivity index (χ1v) is 8.29. The van der Waals surface area contributed by atoms with E-state index in [0.29, 0.717) is 5.16 Å². The van der Waals surface area contributed by atoms with Crippen molar-refractivity contribution in [1.82, 2.24) is 14.8 Å². The molecule has 2 aromatic rings. The number of nitrogens with zero attached hydrogens (tertiary/aromatic N) is 3. The summed E-state index contributed by atoms with van der Waals surface area (Å²) >= 11 is 2.96. The topological polar surface area (TPSA) is 68.0 Å². The first-order valence-electron chi connectivity index (χ1n) is 6.42. The van der Waals surface area contributed by atoms with Crippen LogP contribution >= 0.6 is 23.1 Å². The second-order valence-electron chi connectivity index (χ2n) is 4.44. The van der Waals surface area contributed by atoms with Crippen LogP contribution in [0.3, 0.4) is 0 Å². The number of thiophene rings is 1. The van der Waals surface area contributed by atoms with Crippen molar-refractivity contribution in [2.75, 3.05) is 5.75 Å². The van der Waals surface area contributed by atoms with E-state index in [0.717, 1.165) is 18.7 Å². The van der Waals surface area contributed by atoms with Gasteiger partial charge < -0.3 is 9.67 Å². The maximum Gasteiger partial charge on any atom is 0.313 e. The summed E-state index contributed by atoms with van der Waals surface area (Å²) < 4.78 is 2.06. The second kappa shape index (κ2) is 6.90. The van der Waals surface area contributed by atoms with Gasteiger partial charge in [0.1, 0.15) is 5.82 Å². The lowest BCUT2D eigenvalue weighted by Crippen LogP contribution is -2.13. The van der Waals surface area contributed by atoms with Gasteiger partial charge in [0.15, 0.2) is 5.16 Å². The van der Waals surface area contributed by atoms with Crippen molar-refractivity contribution in [2.45, 2.75) is 37.9 Å². The zero-order valence-electron chi connectivity index (χ0n) is 11.4. The highest BCUT2D eigenvalue weighted by molar-refractivity contribution is 7.99. The van der Waals surface area contributed by atoms with Gasteiger partial charge in [-0.2, -0.15) is 0 Å². The molecule has 0 spiro atoms. The lowest BCUT2D eigenvalue weighted by atomic mass is 10.2. The van der Waals surface area contributed by atoms with Gasteiger partial charge in [-0.05, 0) is 18.4 Å². The summed E-state index contributed by atoms with van der Waals surface area (Å²) in [6.45, 7) is 4.15. The van der Waals surface area contributed by atoms with E-state index in [4.69, 9.17) is 5.11 Å². The highest BCUT2D eigenvalue weighted by atomic mass is 32.2. The Morgan fingerprint density at radius 1 is 1.55 bits per heavy atom. The van der Waals surface area contributed by atoms with E-state index in [1.807, 2.05) is 13.0 Å². The molecule has 2 rings (SSSR count). The van der Waals surface area contributed by atoms with Crippen molar-refractivity contribution in [2.24, 2.45) is 0 Å². The Balaban J connectivity index is 2.18. The monoisotopic (exact) mass is 311 g/mol. The van der Waals surface area contributed by atoms with Crippen LogP contribution in [0.2, 0.25) is 0 Å². The molecule has 20 heavy (non-hydrogen) atoms. The highest BCUT2D eigenvalue weighted by Gasteiger charge is 2.18. The molecule has 0 radical (unpaired) electrons. The van der Waals surface area contributed by atoms with Crippen molar-refractivity contribution >= 4 is 29.1 Å². The van der Waals surface area contributed by atoms with E-state index in [9.17, 15) is 4.79 Å². The molecule has 0 amide bonds. The number of carboxylic acids is 1. The van der Waals surface area contributed by atoms with Crippen LogP contribution in [0.15, 0.2) is 22.7 Å². The van der Waals surface area contributed by atoms with Gasteiger partial charge >= 0.3 is 5.97 Å². The molecule has 0 aliphatic rings. The molecule has 1 atom stereocenters. The van der Waals surface area contributed by atoms with Crippen LogP contribution in [0, 0.1) is 0 Å². The first-order chi connectivity index (χ1) is 9.61. The molecule has 5 nitrogen and oxygen atoms in total. The van der Waals surface area contributed by atoms with E-state index in [2.05, 4.69) is 33.1 Å². The van der Waals surface area contributed by atoms with Crippen molar-refractivity contribution in [3.05, 3.63) is 28.2 Å². The molecule has 2 aromatic heterocycles. The number of aliphatic carboxylic acids is 1. The quantitative estimate of drug-likeness (QED) is 0.796. The summed E-state index contributed by atoms with van der Waals surface area (Å²) in [5, 5.41) is 19.8. The molecule has 0 saturated carbocycles. The molecule has 0 saturated heterocycles. The molecular formula is C13H17N3O2S2. The lowest BCUT2D eigenvalue weighted by Gasteiger charge is -2.16. The van der Waals surface area contributed by atoms with Gasteiger partial charge in [-0.1, -0.05) is 24.8 Å². The van der Waals surface area contributed by atoms with Crippen LogP contribution in [0.4, 0.5) is 0 Å². The van der Waals surface area contributed by atoms with Crippen molar-refractivity contribution < 1.29 is 9.90 Å². The van der Waals surface area contributed by atoms with Crippen molar-refractivity contribution in [3.63, 3.8) is 0 Å². The number of hydrogen-bond acceptors (Lipinski definition) is 5. The number of aryl methyl sites for hydroxylation is 1. The van der Waals surface area contributed by atoms with E-state index in [1.54, 1.807) is 11.3 Å². The standard InChI is InChI=1S/C13H17N3O2S2/c1-3-11-14-15-13(20-8-12(17)18)16(11)9(2)7-10-5-4-6-19-10/h4-6,9H,3,7-8H2,1-2H3,(H,17,18). The number of rotatable bonds is 7. The Kier molecular flexibility index (Phi) is 5.19. The predicted octanol–water partition coefficient (Wildman–Crippen LogP) is 2.88. The molecule has 7 heteroatoms. The lowest BCUT2D eigenvalue weighted by molar-refractivity contribution is -0.133. The molecule has 0 aromatic carbocycles. The number of hydrogen-bond donors (Lipinski definition) is 1. The van der Waals surface area contributed by atoms with Crippen LogP contribution in [0.1, 0.15) is 30.6 Å². The molecule has 1 N–H and O–H groups in total. The fourth-order valence-electron chi connectivity index (χ4n) is 2.03. The van der Waals surface area contributed by atoms with Gasteiger partial charge in [0.2, 0.25) is 0 Å². The Morgan fingerprint density at radius 2 is 2.35 bits per heavy atom. The van der Waals surface area contributed by atoms with Crippen LogP contribution in [0.25, 0.3) is 0 Å². The Labute approximate surface area is 126 Å². The van der Waals surface area contributed by atoms with Crippen LogP contribution in [0.5, 0.6) is 0 Å². The van der Waals surface area contributed by atoms with E-state index >= 15 is 0 Å². The third-order valence-corrected chi connectivity index (χ3v) is 4.72. The fraction of sp³-hybridized carbons (Fsp3) is 0.462. The normalized spacial score (nSPS) is 12.5. The minimum absolute atomic E-state index is 0.00751. The summed E-state index contributed by atoms with van der Waals surface area (Å²) in [6, 6.07) is 4.37. The molecule has 2 heterocycles. The third kappa shape index (κ3) is 3.61. The van der Waals surface area contributed by atoms with Crippen LogP contribution in [-0.2, 0) is 17.6 Å². The predicted molar refractivity (Wildman–Crippen MR) is 80.5 cm³/mol. The summed E-state index contributed by atoms with van der Waals surface area (Å²) in [7, 11) is 0. The Hall–Kier alpha value is -1.34. The van der Waals surface area contributed by atoms with Gasteiger partial charge in [-0.15, -0.1) is 21.5 Å². The fourth-order valence-corrected chi connectivity index (χ4v) is 3.63. The summed E-state index contributed by atoms with van der Waals surface area (Å²) in [5.74, 6) is 0.0727. The highest BCUT2D eigenvalue weighted by Crippen LogP contribution is 2.25. The van der Waals surface area contributed by atoms with Gasteiger partial charge in [0, 0.05) is 23.8 Å². The largest absolute Gasteiger partial charge is 0.481 e. The molecule has 108 valence electrons. The maximum atomic E-state index is 10.7. The zero-order valence-corrected chi connectivity index (χ0v) is 13.1. The summed E-state index contributed by atoms with van der Waals surface area (Å²) in [6.07, 6.45) is 1.69. The van der Waals surface area contributed by atoms with E-state index < -0.39 is 5.97 Å². The zero-order chi connectivity index (χ0) is 14.5. The van der Waals surface area contributed by atoms with Crippen LogP contribution < -0.4 is 0 Å². The second-order valence-corrected chi connectivity index (χ2v) is 6.41. The average molecular weight is 311 g/mol. The smallest absolute Gasteiger partial charge is 0.313 e. The van der Waals surface area contributed by atoms with Gasteiger partial charge in [0.05, 0.1) is 5.75 Å². The minimum atomic E-state index is -0.839. The van der Waals surface area contributed by atoms with E-state index in [-0.39, 0.29) is 11.8 Å². The number of aromatic nitrogens is 3. The average Bonchev–Trinajstić information content (AvgIpc) is 3.04. The molecule has 1 unspecified atom stereocenters. The summed E-state index contributed by atoms with van der Waals surface area (Å²) in [4.78, 5) is 12.0. The molecular weight excluding hydrogens is 294 g/mol. The van der Waals surface area contributed by atoms with Gasteiger partial charge in [-0.3, -0.25) is 4.79 Å². The van der Waals surface area contributed by atoms with Crippen LogP contribution in [-0.4, -0.2) is 31.6 Å². The molecule has 0 fully saturated rings. The SMILES string of the molecule is CCc1nnc(SCC(=O)O)n1C(C)Cc1cccs1. The number of thioether (sulfide) groups is 1. The minimum Gasteiger partial charge on any atom is -0.481 e. The molecule has 0 aliphatic heterocycles. The molecule has 0 aliphatic carbocycles. The van der Waals surface area contributed by atoms with E-state index in [1.165, 1.54) is 16.6 Å². The Morgan fingerprint density at radius 3 is 2.95 bits per heavy atom. The maximum absolute atomic E-state index is 10.7. The van der Waals surface area contributed by atoms with Gasteiger partial charge in [0.25, 0.3) is 0 Å². The van der Waals surface area contributed by atoms with Crippen molar-refractivity contribution in [3.8, 4) is 0 Å². The van der Waals surface area contributed by atoms with Gasteiger partial charge in [-0.25, -0.2) is 0 Å². The number of carboxylic acid groups (broad SMARTS) is 1. The third-order valence-electron chi connectivity index (χ3n) is 2.89. The number of carbonyl (C=O) groups is 1. The first kappa shape index (κ1) is 15.1. The Bertz CT molecular complexity index is 566. The van der Waals surface area contributed by atoms with Crippen molar-refractivity contribution in [1.29, 1.82) is 0 Å². The molecule has 0 bridgehead atoms.